The minimum atomic E-state index is 0.454. The van der Waals surface area contributed by atoms with Gasteiger partial charge in [0.25, 0.3) is 0 Å². The van der Waals surface area contributed by atoms with Gasteiger partial charge in [0.05, 0.1) is 0 Å². The maximum atomic E-state index is 2.48. The second kappa shape index (κ2) is 4.39. The normalized spacial score (nSPS) is 44.6. The van der Waals surface area contributed by atoms with Gasteiger partial charge in [-0.1, -0.05) is 27.7 Å². The summed E-state index contributed by atoms with van der Waals surface area (Å²) in [4.78, 5) is 0. The van der Waals surface area contributed by atoms with E-state index >= 15 is 0 Å². The molecule has 2 saturated heterocycles. The van der Waals surface area contributed by atoms with Crippen molar-refractivity contribution in [1.82, 2.24) is 0 Å². The van der Waals surface area contributed by atoms with Gasteiger partial charge in [-0.3, -0.25) is 0 Å². The molecule has 14 heavy (non-hydrogen) atoms. The summed E-state index contributed by atoms with van der Waals surface area (Å²) in [6, 6.07) is 0. The Labute approximate surface area is 91.7 Å². The Morgan fingerprint density at radius 2 is 1.00 bits per heavy atom. The summed E-state index contributed by atoms with van der Waals surface area (Å²) < 4.78 is 0. The summed E-state index contributed by atoms with van der Waals surface area (Å²) >= 11 is 0. The third-order valence-corrected chi connectivity index (χ3v) is 11.5. The molecule has 0 nitrogen and oxygen atoms in total. The minimum absolute atomic E-state index is 0.454. The predicted molar refractivity (Wildman–Crippen MR) is 70.7 cm³/mol. The number of hydrogen-bond donors (Lipinski definition) is 0. The van der Waals surface area contributed by atoms with Crippen LogP contribution in [0.1, 0.15) is 40.5 Å². The molecular formula is C12H24P2. The molecule has 0 unspecified atom stereocenters. The van der Waals surface area contributed by atoms with Crippen molar-refractivity contribution >= 4 is 15.8 Å². The van der Waals surface area contributed by atoms with Gasteiger partial charge in [-0.15, -0.1) is 15.8 Å². The average Bonchev–Trinajstić information content (AvgIpc) is 2.12. The Morgan fingerprint density at radius 3 is 1.21 bits per heavy atom. The first-order valence-corrected chi connectivity index (χ1v) is 9.44. The van der Waals surface area contributed by atoms with Gasteiger partial charge in [0, 0.05) is 0 Å². The maximum absolute atomic E-state index is 2.48. The molecule has 0 saturated carbocycles. The van der Waals surface area contributed by atoms with Crippen LogP contribution in [-0.2, 0) is 0 Å². The van der Waals surface area contributed by atoms with Crippen molar-refractivity contribution in [2.24, 2.45) is 0 Å². The van der Waals surface area contributed by atoms with Crippen molar-refractivity contribution < 1.29 is 0 Å². The lowest BCUT2D eigenvalue weighted by molar-refractivity contribution is 0.695. The molecule has 0 bridgehead atoms. The van der Waals surface area contributed by atoms with Crippen molar-refractivity contribution in [3.8, 4) is 0 Å². The zero-order valence-corrected chi connectivity index (χ0v) is 11.8. The standard InChI is InChI=1S/C12H24P2/c1-9-7-10(2)13(9)5-6-14-11(3)8-12(14)4/h9-12H,5-8H2,1-4H3/t9-,10-,11-,12-/m0/s1. The zero-order valence-electron chi connectivity index (χ0n) is 10.0. The molecule has 4 atom stereocenters. The highest BCUT2D eigenvalue weighted by molar-refractivity contribution is 7.64. The van der Waals surface area contributed by atoms with E-state index in [1.807, 2.05) is 0 Å². The van der Waals surface area contributed by atoms with Gasteiger partial charge in [0.1, 0.15) is 0 Å². The predicted octanol–water partition coefficient (Wildman–Crippen LogP) is 4.31. The third-order valence-electron chi connectivity index (χ3n) is 4.25. The number of rotatable bonds is 3. The molecule has 0 spiro atoms. The Morgan fingerprint density at radius 1 is 0.714 bits per heavy atom. The topological polar surface area (TPSA) is 0 Å². The SMILES string of the molecule is C[C@H]1C[C@H](C)P1CCP1[C@@H](C)C[C@@H]1C. The summed E-state index contributed by atoms with van der Waals surface area (Å²) in [5.74, 6) is 0. The lowest BCUT2D eigenvalue weighted by Crippen LogP contribution is -2.31. The average molecular weight is 230 g/mol. The summed E-state index contributed by atoms with van der Waals surface area (Å²) in [5.41, 5.74) is 4.40. The van der Waals surface area contributed by atoms with Crippen LogP contribution < -0.4 is 0 Å². The lowest BCUT2D eigenvalue weighted by atomic mass is 10.2. The molecule has 82 valence electrons. The Bertz CT molecular complexity index is 166. The van der Waals surface area contributed by atoms with Gasteiger partial charge in [-0.2, -0.15) is 0 Å². The van der Waals surface area contributed by atoms with E-state index in [4.69, 9.17) is 0 Å². The van der Waals surface area contributed by atoms with E-state index in [0.717, 1.165) is 22.6 Å². The molecule has 0 aromatic heterocycles. The third kappa shape index (κ3) is 2.03. The second-order valence-electron chi connectivity index (χ2n) is 5.34. The van der Waals surface area contributed by atoms with Crippen LogP contribution in [0.3, 0.4) is 0 Å². The fourth-order valence-corrected chi connectivity index (χ4v) is 10.1. The van der Waals surface area contributed by atoms with Crippen LogP contribution >= 0.6 is 15.8 Å². The molecule has 2 fully saturated rings. The van der Waals surface area contributed by atoms with Crippen molar-refractivity contribution in [2.75, 3.05) is 12.3 Å². The van der Waals surface area contributed by atoms with Crippen LogP contribution in [0.2, 0.25) is 0 Å². The summed E-state index contributed by atoms with van der Waals surface area (Å²) in [5, 5.41) is 0. The van der Waals surface area contributed by atoms with E-state index in [1.54, 1.807) is 12.3 Å². The smallest absolute Gasteiger partial charge is 0.0229 e. The molecule has 0 amide bonds. The molecule has 0 radical (unpaired) electrons. The van der Waals surface area contributed by atoms with Crippen LogP contribution in [0, 0.1) is 0 Å². The molecule has 2 aliphatic rings. The van der Waals surface area contributed by atoms with Gasteiger partial charge in [0.15, 0.2) is 0 Å². The highest BCUT2D eigenvalue weighted by atomic mass is 31.1. The van der Waals surface area contributed by atoms with E-state index in [-0.39, 0.29) is 0 Å². The molecule has 0 aromatic rings. The molecule has 2 aliphatic heterocycles. The molecular weight excluding hydrogens is 206 g/mol. The molecule has 0 N–H and O–H groups in total. The van der Waals surface area contributed by atoms with Crippen molar-refractivity contribution in [2.45, 2.75) is 63.2 Å². The highest BCUT2D eigenvalue weighted by Crippen LogP contribution is 2.64. The fraction of sp³-hybridized carbons (Fsp3) is 1.00. The van der Waals surface area contributed by atoms with Crippen molar-refractivity contribution in [3.05, 3.63) is 0 Å². The summed E-state index contributed by atoms with van der Waals surface area (Å²) in [6.07, 6.45) is 6.26. The van der Waals surface area contributed by atoms with Crippen LogP contribution in [0.4, 0.5) is 0 Å². The number of hydrogen-bond acceptors (Lipinski definition) is 0. The van der Waals surface area contributed by atoms with Gasteiger partial charge in [-0.25, -0.2) is 0 Å². The van der Waals surface area contributed by atoms with E-state index in [1.165, 1.54) is 12.8 Å². The zero-order chi connectivity index (χ0) is 10.3. The van der Waals surface area contributed by atoms with Crippen molar-refractivity contribution in [1.29, 1.82) is 0 Å². The quantitative estimate of drug-likeness (QED) is 0.634. The molecule has 2 heterocycles. The first kappa shape index (κ1) is 11.3. The molecule has 0 aromatic carbocycles. The van der Waals surface area contributed by atoms with Crippen LogP contribution in [0.25, 0.3) is 0 Å². The first-order chi connectivity index (χ1) is 6.59. The fourth-order valence-electron chi connectivity index (χ4n) is 3.23. The van der Waals surface area contributed by atoms with Crippen LogP contribution in [0.15, 0.2) is 0 Å². The second-order valence-corrected chi connectivity index (χ2v) is 11.8. The Hall–Kier alpha value is 0.860. The summed E-state index contributed by atoms with van der Waals surface area (Å²) in [6.45, 7) is 9.92. The van der Waals surface area contributed by atoms with Gasteiger partial charge in [0.2, 0.25) is 0 Å². The van der Waals surface area contributed by atoms with Crippen LogP contribution in [-0.4, -0.2) is 35.0 Å². The minimum Gasteiger partial charge on any atom is -0.100 e. The highest BCUT2D eigenvalue weighted by Gasteiger charge is 2.37. The van der Waals surface area contributed by atoms with Crippen molar-refractivity contribution in [3.63, 3.8) is 0 Å². The van der Waals surface area contributed by atoms with E-state index in [0.29, 0.717) is 15.8 Å². The van der Waals surface area contributed by atoms with Crippen LogP contribution in [0.5, 0.6) is 0 Å². The monoisotopic (exact) mass is 230 g/mol. The molecule has 2 heteroatoms. The first-order valence-electron chi connectivity index (χ1n) is 6.11. The van der Waals surface area contributed by atoms with E-state index < -0.39 is 0 Å². The lowest BCUT2D eigenvalue weighted by Gasteiger charge is -2.46. The maximum Gasteiger partial charge on any atom is -0.0229 e. The van der Waals surface area contributed by atoms with Gasteiger partial charge >= 0.3 is 0 Å². The van der Waals surface area contributed by atoms with Gasteiger partial charge in [-0.05, 0) is 47.8 Å². The largest absolute Gasteiger partial charge is 0.100 e. The van der Waals surface area contributed by atoms with Gasteiger partial charge < -0.3 is 0 Å². The Kier molecular flexibility index (Phi) is 3.56. The molecule has 0 aliphatic carbocycles. The molecule has 2 rings (SSSR count). The Balaban J connectivity index is 1.72. The van der Waals surface area contributed by atoms with E-state index in [9.17, 15) is 0 Å². The van der Waals surface area contributed by atoms with E-state index in [2.05, 4.69) is 27.7 Å². The summed E-state index contributed by atoms with van der Waals surface area (Å²) in [7, 11) is 0.907.